The van der Waals surface area contributed by atoms with E-state index in [2.05, 4.69) is 20.8 Å². The van der Waals surface area contributed by atoms with Gasteiger partial charge in [-0.15, -0.1) is 0 Å². The molecule has 0 saturated heterocycles. The summed E-state index contributed by atoms with van der Waals surface area (Å²) in [4.78, 5) is 15.1. The molecular weight excluding hydrogens is 477 g/mol. The van der Waals surface area contributed by atoms with Gasteiger partial charge in [-0.25, -0.2) is 4.39 Å². The number of carbonyl (C=O) groups excluding carboxylic acids is 1. The molecule has 0 bridgehead atoms. The lowest BCUT2D eigenvalue weighted by Gasteiger charge is -2.62. The topological polar surface area (TPSA) is 60.8 Å². The first kappa shape index (κ1) is 26.7. The third kappa shape index (κ3) is 4.08. The van der Waals surface area contributed by atoms with Crippen LogP contribution in [0.3, 0.4) is 0 Å². The molecule has 0 unspecified atom stereocenters. The molecule has 10 atom stereocenters. The first-order chi connectivity index (χ1) is 18.0. The Morgan fingerprint density at radius 3 is 2.61 bits per heavy atom. The number of anilines is 1. The van der Waals surface area contributed by atoms with Crippen molar-refractivity contribution in [2.75, 3.05) is 11.4 Å². The third-order valence-electron chi connectivity index (χ3n) is 12.7. The van der Waals surface area contributed by atoms with Gasteiger partial charge in [-0.05, 0) is 135 Å². The molecule has 5 heteroatoms. The van der Waals surface area contributed by atoms with E-state index in [4.69, 9.17) is 0 Å². The Morgan fingerprint density at radius 1 is 1.08 bits per heavy atom. The molecule has 1 heterocycles. The van der Waals surface area contributed by atoms with Crippen molar-refractivity contribution in [1.82, 2.24) is 0 Å². The number of carbonyl (C=O) groups is 1. The number of aryl methyl sites for hydroxylation is 1. The molecule has 4 nitrogen and oxygen atoms in total. The number of rotatable bonds is 4. The van der Waals surface area contributed by atoms with Gasteiger partial charge in [0.05, 0.1) is 17.9 Å². The highest BCUT2D eigenvalue weighted by Gasteiger charge is 2.62. The van der Waals surface area contributed by atoms with E-state index in [1.807, 2.05) is 17.9 Å². The number of amides is 1. The van der Waals surface area contributed by atoms with E-state index in [0.29, 0.717) is 60.5 Å². The molecule has 1 aromatic carbocycles. The predicted molar refractivity (Wildman–Crippen MR) is 148 cm³/mol. The highest BCUT2D eigenvalue weighted by atomic mass is 19.1. The second-order valence-electron chi connectivity index (χ2n) is 14.5. The summed E-state index contributed by atoms with van der Waals surface area (Å²) < 4.78 is 14.4. The zero-order chi connectivity index (χ0) is 27.0. The summed E-state index contributed by atoms with van der Waals surface area (Å²) in [7, 11) is 0. The number of fused-ring (bicyclic) bond motifs is 6. The standard InChI is InChI=1S/C33H48FNO3/c1-19-15-27(34)23-11-14-35(28(23)16-19)30(38)8-5-20(2)24-6-7-25-31-26(10-13-33(24,25)4)32(3)12-9-22(36)17-21(32)18-29(31)37/h15-16,20-22,24-26,29,31,36-37H,5-14,17-18H2,1-4H3/t20-,21+,22-,24-,25+,26+,29-,31+,32+,33-/m1/s1. The summed E-state index contributed by atoms with van der Waals surface area (Å²) in [6, 6.07) is 3.53. The molecule has 1 amide bonds. The second kappa shape index (κ2) is 9.58. The van der Waals surface area contributed by atoms with Gasteiger partial charge in [0.25, 0.3) is 0 Å². The van der Waals surface area contributed by atoms with Gasteiger partial charge >= 0.3 is 0 Å². The third-order valence-corrected chi connectivity index (χ3v) is 12.7. The smallest absolute Gasteiger partial charge is 0.227 e. The number of aliphatic hydroxyl groups excluding tert-OH is 2. The van der Waals surface area contributed by atoms with Crippen LogP contribution in [0.25, 0.3) is 0 Å². The summed E-state index contributed by atoms with van der Waals surface area (Å²) in [5.74, 6) is 2.93. The van der Waals surface area contributed by atoms with Crippen molar-refractivity contribution in [3.05, 3.63) is 29.1 Å². The summed E-state index contributed by atoms with van der Waals surface area (Å²) in [5.41, 5.74) is 2.81. The number of hydrogen-bond donors (Lipinski definition) is 2. The fraction of sp³-hybridized carbons (Fsp3) is 0.788. The van der Waals surface area contributed by atoms with Crippen LogP contribution in [0.15, 0.2) is 12.1 Å². The van der Waals surface area contributed by atoms with Gasteiger partial charge in [0.1, 0.15) is 5.82 Å². The Kier molecular flexibility index (Phi) is 6.74. The molecule has 2 N–H and O–H groups in total. The first-order valence-electron chi connectivity index (χ1n) is 15.5. The number of benzene rings is 1. The van der Waals surface area contributed by atoms with Crippen molar-refractivity contribution in [2.45, 2.75) is 111 Å². The minimum absolute atomic E-state index is 0.130. The predicted octanol–water partition coefficient (Wildman–Crippen LogP) is 6.43. The van der Waals surface area contributed by atoms with Crippen molar-refractivity contribution >= 4 is 11.6 Å². The summed E-state index contributed by atoms with van der Waals surface area (Å²) in [6.45, 7) is 9.79. The fourth-order valence-corrected chi connectivity index (χ4v) is 10.7. The Balaban J connectivity index is 1.13. The van der Waals surface area contributed by atoms with Crippen LogP contribution in [0.1, 0.15) is 96.1 Å². The lowest BCUT2D eigenvalue weighted by Crippen LogP contribution is -2.58. The Morgan fingerprint density at radius 2 is 1.82 bits per heavy atom. The zero-order valence-electron chi connectivity index (χ0n) is 23.9. The van der Waals surface area contributed by atoms with Crippen LogP contribution in [-0.2, 0) is 11.2 Å². The van der Waals surface area contributed by atoms with E-state index >= 15 is 0 Å². The van der Waals surface area contributed by atoms with Gasteiger partial charge in [-0.3, -0.25) is 4.79 Å². The van der Waals surface area contributed by atoms with E-state index in [9.17, 15) is 19.4 Å². The van der Waals surface area contributed by atoms with E-state index < -0.39 is 0 Å². The number of hydrogen-bond acceptors (Lipinski definition) is 3. The minimum Gasteiger partial charge on any atom is -0.393 e. The Labute approximate surface area is 228 Å². The van der Waals surface area contributed by atoms with Gasteiger partial charge in [-0.2, -0.15) is 0 Å². The van der Waals surface area contributed by atoms with Crippen molar-refractivity contribution in [2.24, 2.45) is 46.3 Å². The molecule has 1 aromatic rings. The van der Waals surface area contributed by atoms with E-state index in [-0.39, 0.29) is 34.8 Å². The first-order valence-corrected chi connectivity index (χ1v) is 15.5. The average Bonchev–Trinajstić information content (AvgIpc) is 3.44. The molecule has 4 aliphatic carbocycles. The van der Waals surface area contributed by atoms with E-state index in [1.54, 1.807) is 6.07 Å². The molecule has 1 aliphatic heterocycles. The van der Waals surface area contributed by atoms with Crippen LogP contribution >= 0.6 is 0 Å². The Hall–Kier alpha value is -1.46. The van der Waals surface area contributed by atoms with Crippen molar-refractivity contribution in [3.8, 4) is 0 Å². The molecule has 38 heavy (non-hydrogen) atoms. The number of aliphatic hydroxyl groups is 2. The van der Waals surface area contributed by atoms with Crippen LogP contribution in [-0.4, -0.2) is 34.9 Å². The van der Waals surface area contributed by atoms with Gasteiger partial charge in [0, 0.05) is 18.5 Å². The SMILES string of the molecule is Cc1cc(F)c2c(c1)N(C(=O)CC[C@@H](C)[C@H]1CC[C@H]3[C@@H]4[C@H](O)C[C@@H]5C[C@H](O)CC[C@]5(C)[C@H]4CC[C@]13C)CC2. The molecule has 0 spiro atoms. The monoisotopic (exact) mass is 525 g/mol. The minimum atomic E-state index is -0.247. The summed E-state index contributed by atoms with van der Waals surface area (Å²) in [6.07, 6.45) is 10.1. The van der Waals surface area contributed by atoms with Crippen molar-refractivity contribution < 1.29 is 19.4 Å². The van der Waals surface area contributed by atoms with Crippen LogP contribution in [0.2, 0.25) is 0 Å². The normalized spacial score (nSPS) is 42.7. The molecule has 4 fully saturated rings. The maximum Gasteiger partial charge on any atom is 0.227 e. The van der Waals surface area contributed by atoms with E-state index in [1.165, 1.54) is 25.7 Å². The molecule has 0 aromatic heterocycles. The van der Waals surface area contributed by atoms with Gasteiger partial charge in [0.2, 0.25) is 5.91 Å². The van der Waals surface area contributed by atoms with Crippen LogP contribution in [0.4, 0.5) is 10.1 Å². The lowest BCUT2D eigenvalue weighted by atomic mass is 9.43. The van der Waals surface area contributed by atoms with Crippen molar-refractivity contribution in [1.29, 1.82) is 0 Å². The summed E-state index contributed by atoms with van der Waals surface area (Å²) in [5, 5.41) is 21.8. The van der Waals surface area contributed by atoms with E-state index in [0.717, 1.165) is 43.4 Å². The molecule has 4 saturated carbocycles. The highest BCUT2D eigenvalue weighted by Crippen LogP contribution is 2.68. The molecule has 6 rings (SSSR count). The number of halogens is 1. The van der Waals surface area contributed by atoms with Crippen molar-refractivity contribution in [3.63, 3.8) is 0 Å². The maximum absolute atomic E-state index is 14.4. The molecule has 210 valence electrons. The second-order valence-corrected chi connectivity index (χ2v) is 14.5. The molecular formula is C33H48FNO3. The fourth-order valence-electron chi connectivity index (χ4n) is 10.7. The average molecular weight is 526 g/mol. The Bertz CT molecular complexity index is 1090. The maximum atomic E-state index is 14.4. The zero-order valence-corrected chi connectivity index (χ0v) is 23.9. The van der Waals surface area contributed by atoms with Gasteiger partial charge in [0.15, 0.2) is 0 Å². The van der Waals surface area contributed by atoms with Crippen LogP contribution < -0.4 is 4.90 Å². The molecule has 5 aliphatic rings. The molecule has 0 radical (unpaired) electrons. The highest BCUT2D eigenvalue weighted by molar-refractivity contribution is 5.95. The summed E-state index contributed by atoms with van der Waals surface area (Å²) >= 11 is 0. The van der Waals surface area contributed by atoms with Gasteiger partial charge in [-0.1, -0.05) is 20.8 Å². The lowest BCUT2D eigenvalue weighted by molar-refractivity contribution is -0.174. The largest absolute Gasteiger partial charge is 0.393 e. The van der Waals surface area contributed by atoms with Crippen LogP contribution in [0, 0.1) is 59.1 Å². The van der Waals surface area contributed by atoms with Gasteiger partial charge < -0.3 is 15.1 Å². The number of nitrogens with zero attached hydrogens (tertiary/aromatic N) is 1. The quantitative estimate of drug-likeness (QED) is 0.476. The van der Waals surface area contributed by atoms with Crippen LogP contribution in [0.5, 0.6) is 0 Å².